The fourth-order valence-corrected chi connectivity index (χ4v) is 1.61. The van der Waals surface area contributed by atoms with Crippen LogP contribution in [0.25, 0.3) is 0 Å². The number of hydrogen-bond acceptors (Lipinski definition) is 5. The maximum absolute atomic E-state index is 5.56. The highest BCUT2D eigenvalue weighted by Gasteiger charge is 2.13. The van der Waals surface area contributed by atoms with Crippen LogP contribution in [-0.2, 0) is 6.61 Å². The highest BCUT2D eigenvalue weighted by Crippen LogP contribution is 2.35. The van der Waals surface area contributed by atoms with Gasteiger partial charge in [-0.3, -0.25) is 0 Å². The quantitative estimate of drug-likeness (QED) is 0.814. The van der Waals surface area contributed by atoms with Gasteiger partial charge in [-0.15, -0.1) is 0 Å². The Kier molecular flexibility index (Phi) is 2.36. The molecule has 0 radical (unpaired) electrons. The predicted octanol–water partition coefficient (Wildman–Crippen LogP) is 2.29. The van der Waals surface area contributed by atoms with Crippen LogP contribution in [0.2, 0.25) is 0 Å². The average molecular weight is 233 g/mol. The maximum atomic E-state index is 5.56. The first-order valence-electron chi connectivity index (χ1n) is 5.26. The Morgan fingerprint density at radius 3 is 2.94 bits per heavy atom. The van der Waals surface area contributed by atoms with Crippen LogP contribution < -0.4 is 14.2 Å². The van der Waals surface area contributed by atoms with E-state index in [9.17, 15) is 0 Å². The molecule has 5 heteroatoms. The van der Waals surface area contributed by atoms with Gasteiger partial charge in [-0.25, -0.2) is 0 Å². The molecule has 0 amide bonds. The van der Waals surface area contributed by atoms with Crippen LogP contribution >= 0.6 is 0 Å². The highest BCUT2D eigenvalue weighted by molar-refractivity contribution is 5.46. The summed E-state index contributed by atoms with van der Waals surface area (Å²) in [6.07, 6.45) is 0. The van der Waals surface area contributed by atoms with Crippen molar-refractivity contribution in [2.45, 2.75) is 13.5 Å². The molecule has 0 fully saturated rings. The molecule has 0 aliphatic carbocycles. The van der Waals surface area contributed by atoms with Crippen molar-refractivity contribution in [1.82, 2.24) is 5.16 Å². The van der Waals surface area contributed by atoms with Gasteiger partial charge < -0.3 is 18.7 Å². The Morgan fingerprint density at radius 1 is 1.24 bits per heavy atom. The van der Waals surface area contributed by atoms with E-state index in [0.29, 0.717) is 23.9 Å². The van der Waals surface area contributed by atoms with Gasteiger partial charge >= 0.3 is 0 Å². The predicted molar refractivity (Wildman–Crippen MR) is 58.1 cm³/mol. The number of rotatable bonds is 3. The second kappa shape index (κ2) is 4.01. The topological polar surface area (TPSA) is 53.7 Å². The zero-order chi connectivity index (χ0) is 11.7. The number of ether oxygens (including phenoxy) is 3. The minimum atomic E-state index is 0.264. The summed E-state index contributed by atoms with van der Waals surface area (Å²) in [7, 11) is 0. The molecule has 0 N–H and O–H groups in total. The Morgan fingerprint density at radius 2 is 2.12 bits per heavy atom. The van der Waals surface area contributed by atoms with Gasteiger partial charge in [-0.1, -0.05) is 5.16 Å². The van der Waals surface area contributed by atoms with E-state index in [0.717, 1.165) is 11.4 Å². The van der Waals surface area contributed by atoms with Gasteiger partial charge in [0.1, 0.15) is 12.4 Å². The number of hydrogen-bond donors (Lipinski definition) is 0. The van der Waals surface area contributed by atoms with Crippen molar-refractivity contribution >= 4 is 0 Å². The number of nitrogens with zero attached hydrogens (tertiary/aromatic N) is 1. The van der Waals surface area contributed by atoms with Crippen molar-refractivity contribution in [3.05, 3.63) is 35.7 Å². The molecule has 0 unspecified atom stereocenters. The molecular weight excluding hydrogens is 222 g/mol. The summed E-state index contributed by atoms with van der Waals surface area (Å²) in [6, 6.07) is 7.29. The van der Waals surface area contributed by atoms with E-state index in [4.69, 9.17) is 18.7 Å². The summed E-state index contributed by atoms with van der Waals surface area (Å²) in [5.74, 6) is 2.85. The number of fused-ring (bicyclic) bond motifs is 1. The molecule has 0 spiro atoms. The molecule has 17 heavy (non-hydrogen) atoms. The van der Waals surface area contributed by atoms with E-state index in [2.05, 4.69) is 5.16 Å². The van der Waals surface area contributed by atoms with Crippen molar-refractivity contribution in [3.8, 4) is 17.2 Å². The summed E-state index contributed by atoms with van der Waals surface area (Å²) in [6.45, 7) is 2.48. The fraction of sp³-hybridized carbons (Fsp3) is 0.250. The number of aryl methyl sites for hydroxylation is 1. The fourth-order valence-electron chi connectivity index (χ4n) is 1.61. The first-order valence-corrected chi connectivity index (χ1v) is 5.26. The lowest BCUT2D eigenvalue weighted by Crippen LogP contribution is -1.94. The number of benzene rings is 1. The molecular formula is C12H11NO4. The molecule has 2 aromatic rings. The summed E-state index contributed by atoms with van der Waals surface area (Å²) < 4.78 is 21.1. The molecule has 1 aliphatic heterocycles. The SMILES string of the molecule is Cc1cc(COc2ccc3c(c2)OCO3)on1. The maximum Gasteiger partial charge on any atom is 0.231 e. The molecule has 0 saturated heterocycles. The van der Waals surface area contributed by atoms with Gasteiger partial charge in [0.05, 0.1) is 5.69 Å². The van der Waals surface area contributed by atoms with Crippen LogP contribution in [0.5, 0.6) is 17.2 Å². The number of aromatic nitrogens is 1. The van der Waals surface area contributed by atoms with Crippen LogP contribution in [0.4, 0.5) is 0 Å². The molecule has 0 saturated carbocycles. The standard InChI is InChI=1S/C12H11NO4/c1-8-4-10(17-13-8)6-14-9-2-3-11-12(5-9)16-7-15-11/h2-5H,6-7H2,1H3. The summed E-state index contributed by atoms with van der Waals surface area (Å²) in [5, 5.41) is 3.79. The second-order valence-electron chi connectivity index (χ2n) is 3.74. The third-order valence-electron chi connectivity index (χ3n) is 2.40. The average Bonchev–Trinajstić information content (AvgIpc) is 2.94. The second-order valence-corrected chi connectivity index (χ2v) is 3.74. The van der Waals surface area contributed by atoms with Crippen LogP contribution in [0.1, 0.15) is 11.5 Å². The van der Waals surface area contributed by atoms with Crippen LogP contribution in [0.3, 0.4) is 0 Å². The van der Waals surface area contributed by atoms with Gasteiger partial charge in [-0.2, -0.15) is 0 Å². The van der Waals surface area contributed by atoms with Gasteiger partial charge in [0.2, 0.25) is 6.79 Å². The van der Waals surface area contributed by atoms with E-state index in [1.807, 2.05) is 25.1 Å². The molecule has 0 atom stereocenters. The first kappa shape index (κ1) is 10.0. The zero-order valence-electron chi connectivity index (χ0n) is 9.30. The van der Waals surface area contributed by atoms with Gasteiger partial charge in [0.25, 0.3) is 0 Å². The Balaban J connectivity index is 1.69. The van der Waals surface area contributed by atoms with Crippen molar-refractivity contribution < 1.29 is 18.7 Å². The van der Waals surface area contributed by atoms with Crippen molar-refractivity contribution in [1.29, 1.82) is 0 Å². The van der Waals surface area contributed by atoms with Gasteiger partial charge in [0, 0.05) is 12.1 Å². The van der Waals surface area contributed by atoms with E-state index in [1.165, 1.54) is 0 Å². The van der Waals surface area contributed by atoms with E-state index in [1.54, 1.807) is 6.07 Å². The monoisotopic (exact) mass is 233 g/mol. The summed E-state index contributed by atoms with van der Waals surface area (Å²) in [4.78, 5) is 0. The summed E-state index contributed by atoms with van der Waals surface area (Å²) in [5.41, 5.74) is 0.842. The minimum absolute atomic E-state index is 0.264. The van der Waals surface area contributed by atoms with Crippen LogP contribution in [0, 0.1) is 6.92 Å². The van der Waals surface area contributed by atoms with Crippen molar-refractivity contribution in [2.75, 3.05) is 6.79 Å². The first-order chi connectivity index (χ1) is 8.31. The minimum Gasteiger partial charge on any atom is -0.485 e. The molecule has 88 valence electrons. The lowest BCUT2D eigenvalue weighted by Gasteiger charge is -2.04. The molecule has 3 rings (SSSR count). The van der Waals surface area contributed by atoms with Crippen LogP contribution in [0.15, 0.2) is 28.8 Å². The van der Waals surface area contributed by atoms with E-state index >= 15 is 0 Å². The Bertz CT molecular complexity index is 535. The molecule has 1 aromatic carbocycles. The van der Waals surface area contributed by atoms with Gasteiger partial charge in [0.15, 0.2) is 17.3 Å². The smallest absolute Gasteiger partial charge is 0.231 e. The lowest BCUT2D eigenvalue weighted by molar-refractivity contribution is 0.173. The van der Waals surface area contributed by atoms with Gasteiger partial charge in [-0.05, 0) is 19.1 Å². The third kappa shape index (κ3) is 2.04. The molecule has 1 aromatic heterocycles. The zero-order valence-corrected chi connectivity index (χ0v) is 9.30. The summed E-state index contributed by atoms with van der Waals surface area (Å²) >= 11 is 0. The Hall–Kier alpha value is -2.17. The molecule has 2 heterocycles. The van der Waals surface area contributed by atoms with Crippen LogP contribution in [-0.4, -0.2) is 11.9 Å². The molecule has 0 bridgehead atoms. The van der Waals surface area contributed by atoms with E-state index < -0.39 is 0 Å². The highest BCUT2D eigenvalue weighted by atomic mass is 16.7. The van der Waals surface area contributed by atoms with Crippen molar-refractivity contribution in [2.24, 2.45) is 0 Å². The third-order valence-corrected chi connectivity index (χ3v) is 2.40. The lowest BCUT2D eigenvalue weighted by atomic mass is 10.3. The normalized spacial score (nSPS) is 12.8. The largest absolute Gasteiger partial charge is 0.485 e. The Labute approximate surface area is 97.9 Å². The molecule has 5 nitrogen and oxygen atoms in total. The molecule has 1 aliphatic rings. The van der Waals surface area contributed by atoms with Crippen molar-refractivity contribution in [3.63, 3.8) is 0 Å². The van der Waals surface area contributed by atoms with E-state index in [-0.39, 0.29) is 6.79 Å².